The Labute approximate surface area is 244 Å². The lowest BCUT2D eigenvalue weighted by molar-refractivity contribution is -0.136. The van der Waals surface area contributed by atoms with Crippen molar-refractivity contribution in [2.75, 3.05) is 6.54 Å². The molecule has 1 aliphatic heterocycles. The average molecular weight is 573 g/mol. The van der Waals surface area contributed by atoms with Crippen molar-refractivity contribution in [2.24, 2.45) is 5.41 Å². The van der Waals surface area contributed by atoms with Gasteiger partial charge in [-0.05, 0) is 43.7 Å². The van der Waals surface area contributed by atoms with Crippen LogP contribution in [0, 0.1) is 19.3 Å². The zero-order valence-electron chi connectivity index (χ0n) is 25.8. The van der Waals surface area contributed by atoms with Crippen molar-refractivity contribution >= 4 is 23.7 Å². The molecule has 2 N–H and O–H groups in total. The number of hydrogen-bond acceptors (Lipinski definition) is 7. The molecule has 0 radical (unpaired) electrons. The summed E-state index contributed by atoms with van der Waals surface area (Å²) >= 11 is 1.64. The molecule has 0 spiro atoms. The van der Waals surface area contributed by atoms with Gasteiger partial charge in [0, 0.05) is 25.2 Å². The van der Waals surface area contributed by atoms with E-state index in [-0.39, 0.29) is 23.3 Å². The van der Waals surface area contributed by atoms with Crippen LogP contribution in [-0.4, -0.2) is 51.2 Å². The Morgan fingerprint density at radius 2 is 1.82 bits per heavy atom. The number of nitrogens with one attached hydrogen (secondary N) is 1. The summed E-state index contributed by atoms with van der Waals surface area (Å²) in [5.41, 5.74) is 5.69. The smallest absolute Gasteiger partial charge is 0.234 e. The molecule has 0 saturated carbocycles. The number of carbonyl (C=O) groups excluding carboxylic acids is 2. The largest absolute Gasteiger partial charge is 0.391 e. The molecule has 0 bridgehead atoms. The summed E-state index contributed by atoms with van der Waals surface area (Å²) in [6.45, 7) is 20.9. The van der Waals surface area contributed by atoms with Crippen molar-refractivity contribution in [3.8, 4) is 10.4 Å². The minimum Gasteiger partial charge on any atom is -0.391 e. The van der Waals surface area contributed by atoms with E-state index < -0.39 is 6.10 Å². The van der Waals surface area contributed by atoms with E-state index in [1.54, 1.807) is 16.2 Å². The molecule has 1 aromatic carbocycles. The molecule has 1 saturated heterocycles. The maximum atomic E-state index is 12.9. The first-order chi connectivity index (χ1) is 19.0. The fraction of sp³-hybridized carbons (Fsp3) is 0.548. The lowest BCUT2D eigenvalue weighted by Gasteiger charge is -2.32. The van der Waals surface area contributed by atoms with Crippen molar-refractivity contribution in [1.29, 1.82) is 0 Å². The van der Waals surface area contributed by atoms with E-state index in [0.717, 1.165) is 17.0 Å². The molecule has 2 aromatic heterocycles. The maximum Gasteiger partial charge on any atom is 0.234 e. The first kappa shape index (κ1) is 35.0. The van der Waals surface area contributed by atoms with Crippen molar-refractivity contribution in [3.63, 3.8) is 0 Å². The number of nitrogens with zero attached hydrogens (tertiary/aromatic N) is 3. The van der Waals surface area contributed by atoms with E-state index in [1.807, 2.05) is 92.9 Å². The summed E-state index contributed by atoms with van der Waals surface area (Å²) in [7, 11) is 0. The summed E-state index contributed by atoms with van der Waals surface area (Å²) in [5.74, 6) is 0.239. The van der Waals surface area contributed by atoms with Gasteiger partial charge >= 0.3 is 0 Å². The van der Waals surface area contributed by atoms with Crippen LogP contribution in [0.2, 0.25) is 0 Å². The van der Waals surface area contributed by atoms with Crippen LogP contribution in [0.1, 0.15) is 90.4 Å². The number of β-amino-alcohol motifs (C(OH)–C–C–N with tert-alkyl or cyclic N) is 1. The Bertz CT molecular complexity index is 1150. The minimum absolute atomic E-state index is 0.0118. The molecule has 3 aromatic rings. The van der Waals surface area contributed by atoms with Crippen molar-refractivity contribution < 1.29 is 19.2 Å². The number of carbonyl (C=O) groups is 2. The van der Waals surface area contributed by atoms with E-state index in [1.165, 1.54) is 10.4 Å². The Morgan fingerprint density at radius 1 is 1.20 bits per heavy atom. The predicted molar refractivity (Wildman–Crippen MR) is 163 cm³/mol. The van der Waals surface area contributed by atoms with Crippen LogP contribution in [-0.2, 0) is 16.1 Å². The second-order valence-corrected chi connectivity index (χ2v) is 11.2. The molecular weight excluding hydrogens is 524 g/mol. The van der Waals surface area contributed by atoms with Gasteiger partial charge in [0.2, 0.25) is 12.3 Å². The highest BCUT2D eigenvalue weighted by molar-refractivity contribution is 7.13. The van der Waals surface area contributed by atoms with Gasteiger partial charge in [-0.2, -0.15) is 0 Å². The number of benzene rings is 1. The lowest BCUT2D eigenvalue weighted by atomic mass is 9.78. The predicted octanol–water partition coefficient (Wildman–Crippen LogP) is 6.51. The van der Waals surface area contributed by atoms with Gasteiger partial charge in [-0.1, -0.05) is 77.9 Å². The number of amides is 2. The van der Waals surface area contributed by atoms with Gasteiger partial charge in [-0.15, -0.1) is 11.3 Å². The Hall–Kier alpha value is -3.04. The Balaban J connectivity index is 0.000000362. The van der Waals surface area contributed by atoms with Gasteiger partial charge in [-0.3, -0.25) is 9.59 Å². The minimum atomic E-state index is -0.425. The molecule has 222 valence electrons. The van der Waals surface area contributed by atoms with Gasteiger partial charge in [0.15, 0.2) is 0 Å². The highest BCUT2D eigenvalue weighted by Gasteiger charge is 2.42. The van der Waals surface area contributed by atoms with Crippen LogP contribution >= 0.6 is 11.3 Å². The molecule has 9 heteroatoms. The number of likely N-dealkylation sites (tertiary alicyclic amines) is 1. The molecule has 3 unspecified atom stereocenters. The van der Waals surface area contributed by atoms with Crippen LogP contribution in [0.4, 0.5) is 0 Å². The standard InChI is InChI=1S/C15H24N2O3.C12H12N2OS.2C2H6/c1-9-6-12(20-16-9)13(15(3,4)5)14(19)17-8-11(18)7-10(17)2;1-9-12(16-8-14-9)11-4-2-10(3-5-11)6-13-7-15;2*1-2/h6,10-11,13,18H,7-8H2,1-5H3;2-5,7-8H,6H2,1H3,(H,13,15);2*1-2H3. The molecule has 1 fully saturated rings. The normalized spacial score (nSPS) is 16.8. The number of thiazole rings is 1. The van der Waals surface area contributed by atoms with Crippen LogP contribution < -0.4 is 5.32 Å². The highest BCUT2D eigenvalue weighted by Crippen LogP contribution is 2.38. The fourth-order valence-corrected chi connectivity index (χ4v) is 5.24. The Kier molecular flexibility index (Phi) is 14.8. The van der Waals surface area contributed by atoms with Crippen LogP contribution in [0.25, 0.3) is 10.4 Å². The summed E-state index contributed by atoms with van der Waals surface area (Å²) in [6.07, 6.45) is 0.922. The number of hydrogen-bond donors (Lipinski definition) is 2. The summed E-state index contributed by atoms with van der Waals surface area (Å²) in [4.78, 5) is 30.2. The van der Waals surface area contributed by atoms with Crippen LogP contribution in [0.3, 0.4) is 0 Å². The Morgan fingerprint density at radius 3 is 2.25 bits per heavy atom. The van der Waals surface area contributed by atoms with Crippen molar-refractivity contribution in [1.82, 2.24) is 20.4 Å². The number of aromatic nitrogens is 2. The topological polar surface area (TPSA) is 109 Å². The van der Waals surface area contributed by atoms with E-state index >= 15 is 0 Å². The lowest BCUT2D eigenvalue weighted by Crippen LogP contribution is -2.42. The summed E-state index contributed by atoms with van der Waals surface area (Å²) < 4.78 is 5.34. The second-order valence-electron chi connectivity index (χ2n) is 10.4. The third-order valence-electron chi connectivity index (χ3n) is 6.23. The van der Waals surface area contributed by atoms with Gasteiger partial charge < -0.3 is 19.8 Å². The molecule has 3 atom stereocenters. The van der Waals surface area contributed by atoms with Crippen LogP contribution in [0.5, 0.6) is 0 Å². The van der Waals surface area contributed by atoms with E-state index in [2.05, 4.69) is 27.6 Å². The average Bonchev–Trinajstić information content (AvgIpc) is 3.64. The third-order valence-corrected chi connectivity index (χ3v) is 7.21. The molecule has 8 nitrogen and oxygen atoms in total. The first-order valence-corrected chi connectivity index (χ1v) is 15.0. The number of rotatable bonds is 6. The molecule has 1 aliphatic rings. The molecule has 2 amide bonds. The molecular formula is C31H48N4O4S. The van der Waals surface area contributed by atoms with Gasteiger partial charge in [-0.25, -0.2) is 4.98 Å². The van der Waals surface area contributed by atoms with Gasteiger partial charge in [0.25, 0.3) is 0 Å². The SMILES string of the molecule is CC.CC.Cc1cc(C(C(=O)N2CC(O)CC2C)C(C)(C)C)on1.Cc1ncsc1-c1ccc(CNC=O)cc1. The van der Waals surface area contributed by atoms with E-state index in [4.69, 9.17) is 4.52 Å². The molecule has 3 heterocycles. The number of aliphatic hydroxyl groups is 1. The molecule has 40 heavy (non-hydrogen) atoms. The van der Waals surface area contributed by atoms with Crippen molar-refractivity contribution in [2.45, 2.75) is 100 Å². The summed E-state index contributed by atoms with van der Waals surface area (Å²) in [6, 6.07) is 10.0. The number of aryl methyl sites for hydroxylation is 2. The van der Waals surface area contributed by atoms with Crippen LogP contribution in [0.15, 0.2) is 40.4 Å². The summed E-state index contributed by atoms with van der Waals surface area (Å²) in [5, 5.41) is 16.3. The molecule has 0 aliphatic carbocycles. The monoisotopic (exact) mass is 572 g/mol. The zero-order valence-corrected chi connectivity index (χ0v) is 26.6. The first-order valence-electron chi connectivity index (χ1n) is 14.1. The maximum absolute atomic E-state index is 12.9. The quantitative estimate of drug-likeness (QED) is 0.326. The van der Waals surface area contributed by atoms with E-state index in [9.17, 15) is 14.7 Å². The zero-order chi connectivity index (χ0) is 30.5. The number of aliphatic hydroxyl groups excluding tert-OH is 1. The van der Waals surface area contributed by atoms with Gasteiger partial charge in [0.05, 0.1) is 27.9 Å². The van der Waals surface area contributed by atoms with Crippen molar-refractivity contribution in [3.05, 3.63) is 58.6 Å². The third kappa shape index (κ3) is 9.86. The highest BCUT2D eigenvalue weighted by atomic mass is 32.1. The molecule has 4 rings (SSSR count). The fourth-order valence-electron chi connectivity index (χ4n) is 4.43. The second kappa shape index (κ2) is 16.9. The van der Waals surface area contributed by atoms with Gasteiger partial charge in [0.1, 0.15) is 11.7 Å². The van der Waals surface area contributed by atoms with E-state index in [0.29, 0.717) is 31.7 Å².